The Labute approximate surface area is 434 Å². The summed E-state index contributed by atoms with van der Waals surface area (Å²) < 4.78 is 6.06. The lowest BCUT2D eigenvalue weighted by Gasteiger charge is -2.30. The molecule has 0 aromatic rings. The number of carbonyl (C=O) groups is 10. The fourth-order valence-corrected chi connectivity index (χ4v) is 8.50. The van der Waals surface area contributed by atoms with Gasteiger partial charge in [-0.15, -0.1) is 0 Å². The first-order valence-electron chi connectivity index (χ1n) is 26.9. The van der Waals surface area contributed by atoms with Gasteiger partial charge in [-0.05, 0) is 74.0 Å². The van der Waals surface area contributed by atoms with E-state index in [4.69, 9.17) is 4.74 Å². The topological polar surface area (TPSA) is 305 Å². The molecule has 418 valence electrons. The van der Waals surface area contributed by atoms with Crippen molar-refractivity contribution in [2.75, 3.05) is 0 Å². The number of hydrogen-bond acceptors (Lipinski definition) is 11. The van der Waals surface area contributed by atoms with Crippen LogP contribution < -0.4 is 37.2 Å². The molecular weight excluding hydrogens is 943 g/mol. The van der Waals surface area contributed by atoms with Crippen LogP contribution in [-0.2, 0) is 52.7 Å². The van der Waals surface area contributed by atoms with Crippen molar-refractivity contribution in [3.05, 3.63) is 0 Å². The summed E-state index contributed by atoms with van der Waals surface area (Å²) in [5.41, 5.74) is 0. The van der Waals surface area contributed by atoms with Gasteiger partial charge in [0.25, 0.3) is 0 Å². The number of rotatable bonds is 24. The van der Waals surface area contributed by atoms with Gasteiger partial charge in [0, 0.05) is 6.42 Å². The summed E-state index contributed by atoms with van der Waals surface area (Å²) in [7, 11) is 0. The van der Waals surface area contributed by atoms with Crippen molar-refractivity contribution >= 4 is 59.3 Å². The summed E-state index contributed by atoms with van der Waals surface area (Å²) in [5, 5.41) is 37.9. The number of carboxylic acids is 2. The predicted octanol–water partition coefficient (Wildman–Crippen LogP) is 5.04. The van der Waals surface area contributed by atoms with Gasteiger partial charge in [0.2, 0.25) is 41.4 Å². The smallest absolute Gasteiger partial charge is 0.329 e. The molecular formula is C53H93N7O13. The zero-order valence-corrected chi connectivity index (χ0v) is 46.0. The Hall–Kier alpha value is -5.30. The van der Waals surface area contributed by atoms with E-state index in [2.05, 4.69) is 51.1 Å². The lowest BCUT2D eigenvalue weighted by atomic mass is 9.97. The van der Waals surface area contributed by atoms with Gasteiger partial charge in [0.15, 0.2) is 0 Å². The van der Waals surface area contributed by atoms with E-state index in [0.29, 0.717) is 18.8 Å². The Balaban J connectivity index is 3.97. The Kier molecular flexibility index (Phi) is 30.8. The van der Waals surface area contributed by atoms with Gasteiger partial charge < -0.3 is 52.2 Å². The van der Waals surface area contributed by atoms with E-state index < -0.39 is 139 Å². The molecule has 20 heteroatoms. The number of esters is 1. The quantitative estimate of drug-likeness (QED) is 0.0453. The minimum Gasteiger partial charge on any atom is -0.481 e. The van der Waals surface area contributed by atoms with E-state index in [1.54, 1.807) is 69.2 Å². The molecule has 1 rings (SSSR count). The molecule has 1 aliphatic rings. The van der Waals surface area contributed by atoms with Crippen LogP contribution in [0.1, 0.15) is 192 Å². The highest BCUT2D eigenvalue weighted by Crippen LogP contribution is 2.20. The molecule has 9 N–H and O–H groups in total. The second-order valence-corrected chi connectivity index (χ2v) is 21.9. The summed E-state index contributed by atoms with van der Waals surface area (Å²) in [6, 6.07) is -9.66. The van der Waals surface area contributed by atoms with Crippen LogP contribution in [0.15, 0.2) is 0 Å². The number of ether oxygens (including phenoxy) is 1. The maximum absolute atomic E-state index is 14.3. The predicted molar refractivity (Wildman–Crippen MR) is 276 cm³/mol. The van der Waals surface area contributed by atoms with Crippen molar-refractivity contribution in [3.8, 4) is 0 Å². The fraction of sp³-hybridized carbons (Fsp3) is 0.811. The monoisotopic (exact) mass is 1040 g/mol. The van der Waals surface area contributed by atoms with Crippen molar-refractivity contribution in [1.29, 1.82) is 0 Å². The minimum absolute atomic E-state index is 0.0380. The standard InChI is InChI=1S/C53H93N7O13/c1-13-34(11)21-19-17-15-16-18-20-22-36-28-42(61)54-37(23-24-43(62)63)47(66)55-38(25-30(3)4)48(67)56-39(26-31(5)6)50(69)59-45(33(9)10)52(71)58-41(29-44(64)65)49(68)57-40(27-32(7)8)51(70)60-46(35(12)14-2)53(72)73-36/h30-41,45-46H,13-29H2,1-12H3,(H,54,61)(H,55,66)(H,56,67)(H,57,68)(H,58,71)(H,59,69)(H,60,70)(H,62,63)(H,64,65)/t34?,35?,36?,37-,38-,39+,40+,41-,45-,46-/m0/s1. The van der Waals surface area contributed by atoms with Gasteiger partial charge in [-0.2, -0.15) is 0 Å². The van der Waals surface area contributed by atoms with E-state index in [0.717, 1.165) is 44.9 Å². The van der Waals surface area contributed by atoms with E-state index in [9.17, 15) is 58.2 Å². The number of amides is 7. The maximum atomic E-state index is 14.3. The van der Waals surface area contributed by atoms with Gasteiger partial charge in [-0.1, -0.05) is 134 Å². The molecule has 1 heterocycles. The fourth-order valence-electron chi connectivity index (χ4n) is 8.50. The summed E-state index contributed by atoms with van der Waals surface area (Å²) in [6.07, 6.45) is 5.26. The Bertz CT molecular complexity index is 1810. The van der Waals surface area contributed by atoms with Crippen LogP contribution in [-0.4, -0.2) is 118 Å². The number of hydrogen-bond donors (Lipinski definition) is 9. The molecule has 0 aromatic carbocycles. The molecule has 1 aliphatic heterocycles. The average Bonchev–Trinajstić information content (AvgIpc) is 3.29. The molecule has 0 radical (unpaired) electrons. The molecule has 20 nitrogen and oxygen atoms in total. The number of aliphatic carboxylic acids is 2. The molecule has 1 fully saturated rings. The molecule has 0 aliphatic carbocycles. The van der Waals surface area contributed by atoms with E-state index in [1.165, 1.54) is 0 Å². The first-order chi connectivity index (χ1) is 34.2. The number of nitrogens with one attached hydrogen (secondary N) is 7. The highest BCUT2D eigenvalue weighted by Gasteiger charge is 2.38. The van der Waals surface area contributed by atoms with Gasteiger partial charge >= 0.3 is 17.9 Å². The largest absolute Gasteiger partial charge is 0.481 e. The third-order valence-electron chi connectivity index (χ3n) is 13.2. The normalized spacial score (nSPS) is 24.8. The van der Waals surface area contributed by atoms with Gasteiger partial charge in [0.1, 0.15) is 48.4 Å². The second kappa shape index (κ2) is 34.2. The second-order valence-electron chi connectivity index (χ2n) is 21.9. The summed E-state index contributed by atoms with van der Waals surface area (Å²) in [5.74, 6) is -10.5. The maximum Gasteiger partial charge on any atom is 0.329 e. The molecule has 0 spiro atoms. The van der Waals surface area contributed by atoms with Crippen LogP contribution in [0.3, 0.4) is 0 Å². The van der Waals surface area contributed by atoms with Crippen LogP contribution >= 0.6 is 0 Å². The van der Waals surface area contributed by atoms with Crippen molar-refractivity contribution in [2.24, 2.45) is 35.5 Å². The van der Waals surface area contributed by atoms with E-state index in [1.807, 2.05) is 0 Å². The molecule has 10 atom stereocenters. The molecule has 0 bridgehead atoms. The number of unbranched alkanes of at least 4 members (excludes halogenated alkanes) is 5. The highest BCUT2D eigenvalue weighted by atomic mass is 16.5. The Morgan fingerprint density at radius 1 is 0.507 bits per heavy atom. The van der Waals surface area contributed by atoms with Crippen LogP contribution in [0.2, 0.25) is 0 Å². The summed E-state index contributed by atoms with van der Waals surface area (Å²) in [4.78, 5) is 137. The van der Waals surface area contributed by atoms with Crippen LogP contribution in [0, 0.1) is 35.5 Å². The zero-order valence-electron chi connectivity index (χ0n) is 46.0. The average molecular weight is 1040 g/mol. The number of cyclic esters (lactones) is 1. The van der Waals surface area contributed by atoms with Crippen molar-refractivity contribution in [2.45, 2.75) is 241 Å². The van der Waals surface area contributed by atoms with Crippen LogP contribution in [0.4, 0.5) is 0 Å². The Morgan fingerprint density at radius 2 is 0.945 bits per heavy atom. The summed E-state index contributed by atoms with van der Waals surface area (Å²) >= 11 is 0. The van der Waals surface area contributed by atoms with Gasteiger partial charge in [-0.3, -0.25) is 43.2 Å². The van der Waals surface area contributed by atoms with Crippen molar-refractivity contribution < 1.29 is 62.9 Å². The first kappa shape index (κ1) is 65.7. The third-order valence-corrected chi connectivity index (χ3v) is 13.2. The molecule has 3 unspecified atom stereocenters. The number of carboxylic acid groups (broad SMARTS) is 2. The Morgan fingerprint density at radius 3 is 1.40 bits per heavy atom. The first-order valence-corrected chi connectivity index (χ1v) is 26.9. The molecule has 1 saturated heterocycles. The lowest BCUT2D eigenvalue weighted by Crippen LogP contribution is -2.61. The highest BCUT2D eigenvalue weighted by molar-refractivity contribution is 5.98. The molecule has 7 amide bonds. The van der Waals surface area contributed by atoms with Crippen molar-refractivity contribution in [3.63, 3.8) is 0 Å². The lowest BCUT2D eigenvalue weighted by molar-refractivity contribution is -0.156. The summed E-state index contributed by atoms with van der Waals surface area (Å²) in [6.45, 7) is 21.9. The zero-order chi connectivity index (χ0) is 55.5. The van der Waals surface area contributed by atoms with Gasteiger partial charge in [-0.25, -0.2) is 4.79 Å². The minimum atomic E-state index is -1.72. The SMILES string of the molecule is CCC(C)CCCCCCCCC1CC(=O)N[C@@H](CCC(=O)O)C(=O)N[C@@H](CC(C)C)C(=O)N[C@H](CC(C)C)C(=O)N[C@@H](C(C)C)C(=O)N[C@@H](CC(=O)O)C(=O)N[C@H](CC(C)C)C(=O)N[C@@H](C(C)CC)C(=O)O1. The molecule has 0 aromatic heterocycles. The van der Waals surface area contributed by atoms with E-state index in [-0.39, 0.29) is 49.9 Å². The third kappa shape index (κ3) is 26.5. The molecule has 73 heavy (non-hydrogen) atoms. The van der Waals surface area contributed by atoms with Crippen LogP contribution in [0.5, 0.6) is 0 Å². The number of carbonyl (C=O) groups excluding carboxylic acids is 8. The molecule has 0 saturated carbocycles. The van der Waals surface area contributed by atoms with Crippen LogP contribution in [0.25, 0.3) is 0 Å². The van der Waals surface area contributed by atoms with Crippen molar-refractivity contribution in [1.82, 2.24) is 37.2 Å². The van der Waals surface area contributed by atoms with E-state index >= 15 is 0 Å². The van der Waals surface area contributed by atoms with Gasteiger partial charge in [0.05, 0.1) is 12.8 Å².